The highest BCUT2D eigenvalue weighted by Crippen LogP contribution is 2.21. The summed E-state index contributed by atoms with van der Waals surface area (Å²) in [5.41, 5.74) is 0.942. The Morgan fingerprint density at radius 3 is 2.50 bits per heavy atom. The minimum atomic E-state index is 0.00266. The molecular weight excluding hydrogens is 254 g/mol. The minimum Gasteiger partial charge on any atom is -0.373 e. The van der Waals surface area contributed by atoms with Crippen molar-refractivity contribution in [3.63, 3.8) is 0 Å². The van der Waals surface area contributed by atoms with E-state index in [1.165, 1.54) is 0 Å². The number of aryl methyl sites for hydroxylation is 1. The summed E-state index contributed by atoms with van der Waals surface area (Å²) in [4.78, 5) is 22.5. The molecule has 1 aromatic heterocycles. The molecule has 0 fully saturated rings. The standard InChI is InChI=1S/C14H25N5O/c1-9(2)7-16-12(20)8-19(6)14-10(3)13(15-5)17-11(4)18-14/h9H,7-8H2,1-6H3,(H,16,20)(H,15,17,18). The Balaban J connectivity index is 2.79. The van der Waals surface area contributed by atoms with Gasteiger partial charge in [0.1, 0.15) is 17.5 Å². The van der Waals surface area contributed by atoms with Crippen LogP contribution in [0.25, 0.3) is 0 Å². The van der Waals surface area contributed by atoms with Gasteiger partial charge >= 0.3 is 0 Å². The number of aromatic nitrogens is 2. The SMILES string of the molecule is CNc1nc(C)nc(N(C)CC(=O)NCC(C)C)c1C. The molecule has 20 heavy (non-hydrogen) atoms. The number of nitrogens with zero attached hydrogens (tertiary/aromatic N) is 3. The third-order valence-electron chi connectivity index (χ3n) is 2.92. The number of hydrogen-bond donors (Lipinski definition) is 2. The lowest BCUT2D eigenvalue weighted by atomic mass is 10.2. The summed E-state index contributed by atoms with van der Waals surface area (Å²) >= 11 is 0. The van der Waals surface area contributed by atoms with Gasteiger partial charge in [-0.15, -0.1) is 0 Å². The Kier molecular flexibility index (Phi) is 5.73. The predicted molar refractivity (Wildman–Crippen MR) is 82.2 cm³/mol. The maximum absolute atomic E-state index is 11.9. The summed E-state index contributed by atoms with van der Waals surface area (Å²) in [7, 11) is 3.69. The van der Waals surface area contributed by atoms with Crippen LogP contribution >= 0.6 is 0 Å². The van der Waals surface area contributed by atoms with Gasteiger partial charge in [-0.25, -0.2) is 9.97 Å². The summed E-state index contributed by atoms with van der Waals surface area (Å²) < 4.78 is 0. The summed E-state index contributed by atoms with van der Waals surface area (Å²) in [5.74, 6) is 2.71. The number of carbonyl (C=O) groups excluding carboxylic acids is 1. The molecule has 0 saturated carbocycles. The van der Waals surface area contributed by atoms with Gasteiger partial charge in [-0.05, 0) is 19.8 Å². The van der Waals surface area contributed by atoms with E-state index in [2.05, 4.69) is 34.4 Å². The summed E-state index contributed by atoms with van der Waals surface area (Å²) in [5, 5.41) is 5.95. The van der Waals surface area contributed by atoms with Crippen LogP contribution in [-0.2, 0) is 4.79 Å². The number of anilines is 2. The van der Waals surface area contributed by atoms with Gasteiger partial charge in [0, 0.05) is 26.2 Å². The first kappa shape index (κ1) is 16.2. The molecule has 1 amide bonds. The quantitative estimate of drug-likeness (QED) is 0.822. The Hall–Kier alpha value is -1.85. The number of nitrogens with one attached hydrogen (secondary N) is 2. The number of amides is 1. The van der Waals surface area contributed by atoms with Crippen molar-refractivity contribution in [2.75, 3.05) is 37.4 Å². The monoisotopic (exact) mass is 279 g/mol. The molecule has 0 atom stereocenters. The van der Waals surface area contributed by atoms with Gasteiger partial charge in [-0.1, -0.05) is 13.8 Å². The summed E-state index contributed by atoms with van der Waals surface area (Å²) in [6.45, 7) is 8.91. The zero-order valence-electron chi connectivity index (χ0n) is 13.2. The van der Waals surface area contributed by atoms with E-state index in [0.29, 0.717) is 18.3 Å². The van der Waals surface area contributed by atoms with Crippen LogP contribution in [0.5, 0.6) is 0 Å². The zero-order chi connectivity index (χ0) is 15.3. The van der Waals surface area contributed by atoms with E-state index in [4.69, 9.17) is 0 Å². The fraction of sp³-hybridized carbons (Fsp3) is 0.643. The molecule has 0 spiro atoms. The van der Waals surface area contributed by atoms with Crippen molar-refractivity contribution in [1.82, 2.24) is 15.3 Å². The number of carbonyl (C=O) groups is 1. The van der Waals surface area contributed by atoms with Gasteiger partial charge in [0.15, 0.2) is 0 Å². The molecule has 0 aliphatic heterocycles. The van der Waals surface area contributed by atoms with Crippen molar-refractivity contribution in [2.45, 2.75) is 27.7 Å². The van der Waals surface area contributed by atoms with Crippen LogP contribution in [0.2, 0.25) is 0 Å². The lowest BCUT2D eigenvalue weighted by Crippen LogP contribution is -2.37. The van der Waals surface area contributed by atoms with Crippen molar-refractivity contribution >= 4 is 17.5 Å². The number of rotatable bonds is 6. The van der Waals surface area contributed by atoms with E-state index in [0.717, 1.165) is 17.2 Å². The van der Waals surface area contributed by atoms with Gasteiger partial charge < -0.3 is 15.5 Å². The second kappa shape index (κ2) is 7.07. The molecule has 112 valence electrons. The van der Waals surface area contributed by atoms with Gasteiger partial charge in [0.25, 0.3) is 0 Å². The van der Waals surface area contributed by atoms with E-state index < -0.39 is 0 Å². The third-order valence-corrected chi connectivity index (χ3v) is 2.92. The van der Waals surface area contributed by atoms with Gasteiger partial charge in [0.2, 0.25) is 5.91 Å². The molecule has 0 unspecified atom stereocenters. The van der Waals surface area contributed by atoms with Crippen molar-refractivity contribution in [2.24, 2.45) is 5.92 Å². The van der Waals surface area contributed by atoms with E-state index in [-0.39, 0.29) is 12.5 Å². The zero-order valence-corrected chi connectivity index (χ0v) is 13.2. The molecular formula is C14H25N5O. The van der Waals surface area contributed by atoms with Gasteiger partial charge in [-0.2, -0.15) is 0 Å². The van der Waals surface area contributed by atoms with Crippen molar-refractivity contribution < 1.29 is 4.79 Å². The third kappa shape index (κ3) is 4.36. The Labute approximate surface area is 121 Å². The first-order valence-corrected chi connectivity index (χ1v) is 6.86. The van der Waals surface area contributed by atoms with Crippen LogP contribution in [0.15, 0.2) is 0 Å². The summed E-state index contributed by atoms with van der Waals surface area (Å²) in [6.07, 6.45) is 0. The van der Waals surface area contributed by atoms with Crippen molar-refractivity contribution in [3.8, 4) is 0 Å². The Morgan fingerprint density at radius 2 is 1.95 bits per heavy atom. The molecule has 0 aromatic carbocycles. The molecule has 0 saturated heterocycles. The second-order valence-corrected chi connectivity index (χ2v) is 5.37. The van der Waals surface area contributed by atoms with Gasteiger partial charge in [-0.3, -0.25) is 4.79 Å². The van der Waals surface area contributed by atoms with Crippen LogP contribution in [-0.4, -0.2) is 43.1 Å². The molecule has 1 rings (SSSR count). The first-order chi connectivity index (χ1) is 9.35. The Bertz CT molecular complexity index is 473. The number of likely N-dealkylation sites (N-methyl/N-ethyl adjacent to an activating group) is 1. The maximum atomic E-state index is 11.9. The maximum Gasteiger partial charge on any atom is 0.239 e. The van der Waals surface area contributed by atoms with E-state index in [1.807, 2.05) is 32.8 Å². The molecule has 6 nitrogen and oxygen atoms in total. The molecule has 1 heterocycles. The predicted octanol–water partition coefficient (Wildman–Crippen LogP) is 1.34. The van der Waals surface area contributed by atoms with E-state index in [1.54, 1.807) is 0 Å². The Morgan fingerprint density at radius 1 is 1.30 bits per heavy atom. The highest BCUT2D eigenvalue weighted by Gasteiger charge is 2.14. The highest BCUT2D eigenvalue weighted by atomic mass is 16.2. The topological polar surface area (TPSA) is 70.2 Å². The van der Waals surface area contributed by atoms with Crippen LogP contribution in [0.4, 0.5) is 11.6 Å². The normalized spacial score (nSPS) is 10.6. The van der Waals surface area contributed by atoms with Gasteiger partial charge in [0.05, 0.1) is 6.54 Å². The molecule has 0 radical (unpaired) electrons. The lowest BCUT2D eigenvalue weighted by Gasteiger charge is -2.21. The fourth-order valence-electron chi connectivity index (χ4n) is 1.89. The average Bonchev–Trinajstić information content (AvgIpc) is 2.38. The average molecular weight is 279 g/mol. The molecule has 0 bridgehead atoms. The highest BCUT2D eigenvalue weighted by molar-refractivity contribution is 5.81. The molecule has 2 N–H and O–H groups in total. The lowest BCUT2D eigenvalue weighted by molar-refractivity contribution is -0.119. The largest absolute Gasteiger partial charge is 0.373 e. The van der Waals surface area contributed by atoms with Crippen LogP contribution in [0, 0.1) is 19.8 Å². The fourth-order valence-corrected chi connectivity index (χ4v) is 1.89. The smallest absolute Gasteiger partial charge is 0.239 e. The number of hydrogen-bond acceptors (Lipinski definition) is 5. The van der Waals surface area contributed by atoms with Crippen LogP contribution in [0.3, 0.4) is 0 Å². The van der Waals surface area contributed by atoms with E-state index >= 15 is 0 Å². The second-order valence-electron chi connectivity index (χ2n) is 5.37. The van der Waals surface area contributed by atoms with Crippen LogP contribution < -0.4 is 15.5 Å². The molecule has 0 aliphatic rings. The van der Waals surface area contributed by atoms with Crippen molar-refractivity contribution in [1.29, 1.82) is 0 Å². The molecule has 1 aromatic rings. The van der Waals surface area contributed by atoms with E-state index in [9.17, 15) is 4.79 Å². The minimum absolute atomic E-state index is 0.00266. The van der Waals surface area contributed by atoms with Crippen molar-refractivity contribution in [3.05, 3.63) is 11.4 Å². The molecule has 6 heteroatoms. The summed E-state index contributed by atoms with van der Waals surface area (Å²) in [6, 6.07) is 0. The molecule has 0 aliphatic carbocycles. The first-order valence-electron chi connectivity index (χ1n) is 6.86. The van der Waals surface area contributed by atoms with Crippen LogP contribution in [0.1, 0.15) is 25.2 Å².